The summed E-state index contributed by atoms with van der Waals surface area (Å²) in [6.45, 7) is 8.26. The predicted molar refractivity (Wildman–Crippen MR) is 97.3 cm³/mol. The van der Waals surface area contributed by atoms with Gasteiger partial charge >= 0.3 is 6.03 Å². The van der Waals surface area contributed by atoms with Crippen LogP contribution in [0.4, 0.5) is 4.79 Å². The lowest BCUT2D eigenvalue weighted by atomic mass is 10.1. The first-order valence-electron chi connectivity index (χ1n) is 8.37. The van der Waals surface area contributed by atoms with E-state index in [1.165, 1.54) is 5.56 Å². The number of rotatable bonds is 7. The summed E-state index contributed by atoms with van der Waals surface area (Å²) in [5, 5.41) is 2.92. The number of hydrogen-bond donors (Lipinski definition) is 1. The summed E-state index contributed by atoms with van der Waals surface area (Å²) in [4.78, 5) is 14.1. The number of carbonyl (C=O) groups is 1. The molecule has 2 rings (SSSR count). The zero-order valence-electron chi connectivity index (χ0n) is 14.7. The largest absolute Gasteiger partial charge is 0.491 e. The average molecular weight is 326 g/mol. The standard InChI is InChI=1S/C20H26N2O2/c1-4-22(15-18-8-6-5-7-9-18)20(23)21-12-13-24-19-14-16(2)10-11-17(19)3/h5-11,14H,4,12-13,15H2,1-3H3,(H,21,23). The van der Waals surface area contributed by atoms with Crippen LogP contribution in [0.25, 0.3) is 0 Å². The summed E-state index contributed by atoms with van der Waals surface area (Å²) < 4.78 is 5.77. The first kappa shape index (κ1) is 17.9. The average Bonchev–Trinajstić information content (AvgIpc) is 2.60. The molecule has 0 saturated heterocycles. The number of carbonyl (C=O) groups excluding carboxylic acids is 1. The third-order valence-electron chi connectivity index (χ3n) is 3.86. The topological polar surface area (TPSA) is 41.6 Å². The smallest absolute Gasteiger partial charge is 0.317 e. The molecule has 0 atom stereocenters. The van der Waals surface area contributed by atoms with Crippen molar-refractivity contribution in [3.63, 3.8) is 0 Å². The third kappa shape index (κ3) is 5.30. The van der Waals surface area contributed by atoms with Crippen LogP contribution < -0.4 is 10.1 Å². The van der Waals surface area contributed by atoms with Crippen LogP contribution in [0.15, 0.2) is 48.5 Å². The molecule has 0 unspecified atom stereocenters. The van der Waals surface area contributed by atoms with Gasteiger partial charge in [0.25, 0.3) is 0 Å². The summed E-state index contributed by atoms with van der Waals surface area (Å²) in [5.74, 6) is 0.876. The van der Waals surface area contributed by atoms with Gasteiger partial charge in [-0.25, -0.2) is 4.79 Å². The van der Waals surface area contributed by atoms with Crippen LogP contribution in [0.5, 0.6) is 5.75 Å². The molecule has 0 aliphatic carbocycles. The number of hydrogen-bond acceptors (Lipinski definition) is 2. The van der Waals surface area contributed by atoms with E-state index in [4.69, 9.17) is 4.74 Å². The molecule has 0 aliphatic heterocycles. The minimum absolute atomic E-state index is 0.0640. The Hall–Kier alpha value is -2.49. The van der Waals surface area contributed by atoms with E-state index in [1.807, 2.05) is 63.2 Å². The molecule has 2 aromatic rings. The van der Waals surface area contributed by atoms with Gasteiger partial charge in [0.15, 0.2) is 0 Å². The summed E-state index contributed by atoms with van der Waals surface area (Å²) in [7, 11) is 0. The first-order valence-corrected chi connectivity index (χ1v) is 8.37. The van der Waals surface area contributed by atoms with Crippen LogP contribution in [0.3, 0.4) is 0 Å². The summed E-state index contributed by atoms with van der Waals surface area (Å²) in [6.07, 6.45) is 0. The molecule has 0 spiro atoms. The van der Waals surface area contributed by atoms with Crippen molar-refractivity contribution < 1.29 is 9.53 Å². The second-order valence-electron chi connectivity index (χ2n) is 5.85. The van der Waals surface area contributed by atoms with Gasteiger partial charge in [0.1, 0.15) is 12.4 Å². The Kier molecular flexibility index (Phi) is 6.67. The molecule has 0 aromatic heterocycles. The molecular weight excluding hydrogens is 300 g/mol. The zero-order valence-corrected chi connectivity index (χ0v) is 14.7. The van der Waals surface area contributed by atoms with Gasteiger partial charge in [-0.2, -0.15) is 0 Å². The third-order valence-corrected chi connectivity index (χ3v) is 3.86. The van der Waals surface area contributed by atoms with Crippen LogP contribution in [-0.4, -0.2) is 30.6 Å². The predicted octanol–water partition coefficient (Wildman–Crippen LogP) is 3.91. The summed E-state index contributed by atoms with van der Waals surface area (Å²) in [6, 6.07) is 16.1. The zero-order chi connectivity index (χ0) is 17.4. The number of benzene rings is 2. The maximum atomic E-state index is 12.3. The highest BCUT2D eigenvalue weighted by molar-refractivity contribution is 5.74. The quantitative estimate of drug-likeness (QED) is 0.784. The Morgan fingerprint density at radius 3 is 2.58 bits per heavy atom. The molecule has 2 aromatic carbocycles. The highest BCUT2D eigenvalue weighted by Crippen LogP contribution is 2.18. The molecule has 0 bridgehead atoms. The number of nitrogens with zero attached hydrogens (tertiary/aromatic N) is 1. The number of ether oxygens (including phenoxy) is 1. The van der Waals surface area contributed by atoms with E-state index >= 15 is 0 Å². The minimum atomic E-state index is -0.0640. The molecule has 4 heteroatoms. The van der Waals surface area contributed by atoms with Crippen LogP contribution in [0, 0.1) is 13.8 Å². The van der Waals surface area contributed by atoms with E-state index in [2.05, 4.69) is 11.4 Å². The second-order valence-corrected chi connectivity index (χ2v) is 5.85. The summed E-state index contributed by atoms with van der Waals surface area (Å²) in [5.41, 5.74) is 3.40. The van der Waals surface area contributed by atoms with Crippen molar-refractivity contribution in [3.05, 3.63) is 65.2 Å². The highest BCUT2D eigenvalue weighted by atomic mass is 16.5. The Morgan fingerprint density at radius 2 is 1.88 bits per heavy atom. The van der Waals surface area contributed by atoms with E-state index in [9.17, 15) is 4.79 Å². The number of nitrogens with one attached hydrogen (secondary N) is 1. The van der Waals surface area contributed by atoms with Crippen molar-refractivity contribution >= 4 is 6.03 Å². The maximum absolute atomic E-state index is 12.3. The Morgan fingerprint density at radius 1 is 1.12 bits per heavy atom. The van der Waals surface area contributed by atoms with Crippen molar-refractivity contribution in [1.29, 1.82) is 0 Å². The Bertz CT molecular complexity index is 656. The molecule has 0 saturated carbocycles. The van der Waals surface area contributed by atoms with E-state index in [1.54, 1.807) is 4.90 Å². The normalized spacial score (nSPS) is 10.3. The van der Waals surface area contributed by atoms with Gasteiger partial charge in [-0.3, -0.25) is 0 Å². The second kappa shape index (κ2) is 8.96. The molecule has 128 valence electrons. The van der Waals surface area contributed by atoms with Gasteiger partial charge < -0.3 is 15.0 Å². The van der Waals surface area contributed by atoms with Gasteiger partial charge in [-0.1, -0.05) is 42.5 Å². The molecule has 1 N–H and O–H groups in total. The number of aryl methyl sites for hydroxylation is 2. The lowest BCUT2D eigenvalue weighted by Crippen LogP contribution is -2.41. The van der Waals surface area contributed by atoms with Crippen molar-refractivity contribution in [1.82, 2.24) is 10.2 Å². The fourth-order valence-electron chi connectivity index (χ4n) is 2.42. The molecule has 0 radical (unpaired) electrons. The van der Waals surface area contributed by atoms with Crippen LogP contribution >= 0.6 is 0 Å². The van der Waals surface area contributed by atoms with Crippen molar-refractivity contribution in [2.45, 2.75) is 27.3 Å². The highest BCUT2D eigenvalue weighted by Gasteiger charge is 2.11. The fourth-order valence-corrected chi connectivity index (χ4v) is 2.42. The van der Waals surface area contributed by atoms with E-state index < -0.39 is 0 Å². The van der Waals surface area contributed by atoms with Crippen LogP contribution in [0.1, 0.15) is 23.6 Å². The molecule has 24 heavy (non-hydrogen) atoms. The fraction of sp³-hybridized carbons (Fsp3) is 0.350. The van der Waals surface area contributed by atoms with E-state index in [-0.39, 0.29) is 6.03 Å². The van der Waals surface area contributed by atoms with Crippen molar-refractivity contribution in [2.75, 3.05) is 19.7 Å². The van der Waals surface area contributed by atoms with Gasteiger partial charge in [0.2, 0.25) is 0 Å². The molecule has 0 heterocycles. The van der Waals surface area contributed by atoms with Gasteiger partial charge in [-0.05, 0) is 43.5 Å². The number of amides is 2. The molecule has 0 aliphatic rings. The minimum Gasteiger partial charge on any atom is -0.491 e. The van der Waals surface area contributed by atoms with Crippen molar-refractivity contribution in [3.8, 4) is 5.75 Å². The first-order chi connectivity index (χ1) is 11.6. The SMILES string of the molecule is CCN(Cc1ccccc1)C(=O)NCCOc1cc(C)ccc1C. The van der Waals surface area contributed by atoms with Gasteiger partial charge in [0, 0.05) is 13.1 Å². The molecule has 0 fully saturated rings. The summed E-state index contributed by atoms with van der Waals surface area (Å²) >= 11 is 0. The van der Waals surface area contributed by atoms with Crippen LogP contribution in [-0.2, 0) is 6.54 Å². The van der Waals surface area contributed by atoms with Gasteiger partial charge in [0.05, 0.1) is 6.54 Å². The van der Waals surface area contributed by atoms with Gasteiger partial charge in [-0.15, -0.1) is 0 Å². The van der Waals surface area contributed by atoms with E-state index in [0.29, 0.717) is 26.2 Å². The molecule has 4 nitrogen and oxygen atoms in total. The monoisotopic (exact) mass is 326 g/mol. The number of urea groups is 1. The molecular formula is C20H26N2O2. The maximum Gasteiger partial charge on any atom is 0.317 e. The lowest BCUT2D eigenvalue weighted by molar-refractivity contribution is 0.195. The molecule has 2 amide bonds. The van der Waals surface area contributed by atoms with E-state index in [0.717, 1.165) is 16.9 Å². The van der Waals surface area contributed by atoms with Crippen LogP contribution in [0.2, 0.25) is 0 Å². The Labute approximate surface area is 144 Å². The Balaban J connectivity index is 1.78. The lowest BCUT2D eigenvalue weighted by Gasteiger charge is -2.21. The van der Waals surface area contributed by atoms with Crippen molar-refractivity contribution in [2.24, 2.45) is 0 Å².